The lowest BCUT2D eigenvalue weighted by atomic mass is 9.91. The molecule has 0 aliphatic heterocycles. The molecule has 1 amide bonds. The van der Waals surface area contributed by atoms with E-state index < -0.39 is 5.41 Å². The van der Waals surface area contributed by atoms with Crippen molar-refractivity contribution in [3.05, 3.63) is 18.0 Å². The van der Waals surface area contributed by atoms with Crippen LogP contribution >= 0.6 is 0 Å². The van der Waals surface area contributed by atoms with Crippen molar-refractivity contribution in [2.75, 3.05) is 6.54 Å². The van der Waals surface area contributed by atoms with Crippen molar-refractivity contribution in [3.8, 4) is 0 Å². The normalized spacial score (nSPS) is 11.2. The van der Waals surface area contributed by atoms with E-state index in [1.807, 2.05) is 20.8 Å². The van der Waals surface area contributed by atoms with Gasteiger partial charge >= 0.3 is 0 Å². The Morgan fingerprint density at radius 2 is 2.06 bits per heavy atom. The molecule has 1 aromatic rings. The van der Waals surface area contributed by atoms with Gasteiger partial charge in [0.25, 0.3) is 5.91 Å². The minimum atomic E-state index is -0.431. The summed E-state index contributed by atoms with van der Waals surface area (Å²) >= 11 is 0. The van der Waals surface area contributed by atoms with E-state index in [0.29, 0.717) is 5.69 Å². The van der Waals surface area contributed by atoms with Crippen molar-refractivity contribution >= 4 is 11.7 Å². The molecule has 0 fully saturated rings. The lowest BCUT2D eigenvalue weighted by Crippen LogP contribution is -2.36. The highest BCUT2D eigenvalue weighted by Crippen LogP contribution is 2.13. The van der Waals surface area contributed by atoms with Crippen LogP contribution in [0.15, 0.2) is 12.3 Å². The third kappa shape index (κ3) is 2.92. The van der Waals surface area contributed by atoms with Crippen LogP contribution in [0.4, 0.5) is 0 Å². The number of carbonyl (C=O) groups is 2. The van der Waals surface area contributed by atoms with Crippen LogP contribution in [0.3, 0.4) is 0 Å². The van der Waals surface area contributed by atoms with Gasteiger partial charge in [0.05, 0.1) is 6.54 Å². The number of nitrogens with zero attached hydrogens (tertiary/aromatic N) is 2. The Bertz CT molecular complexity index is 402. The first kappa shape index (κ1) is 12.4. The van der Waals surface area contributed by atoms with Crippen molar-refractivity contribution in [2.24, 2.45) is 12.5 Å². The van der Waals surface area contributed by atoms with Gasteiger partial charge in [0.15, 0.2) is 5.78 Å². The van der Waals surface area contributed by atoms with Crippen molar-refractivity contribution in [1.29, 1.82) is 0 Å². The Kier molecular flexibility index (Phi) is 3.47. The molecular formula is C11H17N3O2. The first-order valence-corrected chi connectivity index (χ1v) is 5.12. The summed E-state index contributed by atoms with van der Waals surface area (Å²) in [6, 6.07) is 1.61. The summed E-state index contributed by atoms with van der Waals surface area (Å²) in [6.07, 6.45) is 1.54. The smallest absolute Gasteiger partial charge is 0.269 e. The van der Waals surface area contributed by atoms with Crippen LogP contribution < -0.4 is 5.32 Å². The maximum absolute atomic E-state index is 11.6. The van der Waals surface area contributed by atoms with Crippen molar-refractivity contribution in [1.82, 2.24) is 15.1 Å². The van der Waals surface area contributed by atoms with Gasteiger partial charge in [-0.05, 0) is 6.07 Å². The van der Waals surface area contributed by atoms with Gasteiger partial charge in [0, 0.05) is 18.7 Å². The molecule has 0 aliphatic carbocycles. The zero-order chi connectivity index (χ0) is 12.3. The summed E-state index contributed by atoms with van der Waals surface area (Å²) in [6.45, 7) is 5.52. The van der Waals surface area contributed by atoms with Crippen LogP contribution in [0.5, 0.6) is 0 Å². The maximum Gasteiger partial charge on any atom is 0.269 e. The Morgan fingerprint density at radius 1 is 1.44 bits per heavy atom. The summed E-state index contributed by atoms with van der Waals surface area (Å²) in [5.41, 5.74) is 0.0152. The zero-order valence-electron chi connectivity index (χ0n) is 10.1. The minimum absolute atomic E-state index is 0.00279. The number of ketones is 1. The SMILES string of the molecule is Cn1nccc1C(=O)NCC(=O)C(C)(C)C. The first-order valence-electron chi connectivity index (χ1n) is 5.12. The Hall–Kier alpha value is -1.65. The molecule has 16 heavy (non-hydrogen) atoms. The fourth-order valence-corrected chi connectivity index (χ4v) is 1.11. The highest BCUT2D eigenvalue weighted by atomic mass is 16.2. The number of aromatic nitrogens is 2. The van der Waals surface area contributed by atoms with Crippen LogP contribution in [0.2, 0.25) is 0 Å². The van der Waals surface area contributed by atoms with Crippen molar-refractivity contribution in [2.45, 2.75) is 20.8 Å². The van der Waals surface area contributed by atoms with E-state index in [-0.39, 0.29) is 18.2 Å². The van der Waals surface area contributed by atoms with Crippen LogP contribution in [0.25, 0.3) is 0 Å². The predicted molar refractivity (Wildman–Crippen MR) is 60.0 cm³/mol. The highest BCUT2D eigenvalue weighted by molar-refractivity contribution is 5.96. The number of hydrogen-bond acceptors (Lipinski definition) is 3. The van der Waals surface area contributed by atoms with Crippen LogP contribution in [-0.2, 0) is 11.8 Å². The first-order chi connectivity index (χ1) is 7.32. The van der Waals surface area contributed by atoms with E-state index >= 15 is 0 Å². The molecule has 0 saturated carbocycles. The Morgan fingerprint density at radius 3 is 2.50 bits per heavy atom. The highest BCUT2D eigenvalue weighted by Gasteiger charge is 2.21. The minimum Gasteiger partial charge on any atom is -0.344 e. The number of Topliss-reactive ketones (excluding diaryl/α,β-unsaturated/α-hetero) is 1. The van der Waals surface area contributed by atoms with E-state index in [2.05, 4.69) is 10.4 Å². The Labute approximate surface area is 94.8 Å². The molecule has 0 bridgehead atoms. The van der Waals surface area contributed by atoms with Crippen LogP contribution in [-0.4, -0.2) is 28.0 Å². The quantitative estimate of drug-likeness (QED) is 0.823. The van der Waals surface area contributed by atoms with Gasteiger partial charge in [-0.15, -0.1) is 0 Å². The molecule has 0 spiro atoms. The molecule has 0 aromatic carbocycles. The molecule has 1 heterocycles. The van der Waals surface area contributed by atoms with Crippen LogP contribution in [0, 0.1) is 5.41 Å². The van der Waals surface area contributed by atoms with Gasteiger partial charge in [-0.2, -0.15) is 5.10 Å². The number of amides is 1. The van der Waals surface area contributed by atoms with Gasteiger partial charge in [-0.25, -0.2) is 0 Å². The van der Waals surface area contributed by atoms with E-state index in [9.17, 15) is 9.59 Å². The second-order valence-corrected chi connectivity index (χ2v) is 4.70. The third-order valence-electron chi connectivity index (χ3n) is 2.30. The topological polar surface area (TPSA) is 64.0 Å². The summed E-state index contributed by atoms with van der Waals surface area (Å²) in [5, 5.41) is 6.47. The number of nitrogens with one attached hydrogen (secondary N) is 1. The van der Waals surface area contributed by atoms with E-state index in [1.54, 1.807) is 19.3 Å². The molecular weight excluding hydrogens is 206 g/mol. The number of hydrogen-bond donors (Lipinski definition) is 1. The average Bonchev–Trinajstić information content (AvgIpc) is 2.58. The summed E-state index contributed by atoms with van der Waals surface area (Å²) in [7, 11) is 1.68. The standard InChI is InChI=1S/C11H17N3O2/c1-11(2,3)9(15)7-12-10(16)8-5-6-13-14(8)4/h5-6H,7H2,1-4H3,(H,12,16). The van der Waals surface area contributed by atoms with E-state index in [0.717, 1.165) is 0 Å². The largest absolute Gasteiger partial charge is 0.344 e. The average molecular weight is 223 g/mol. The fraction of sp³-hybridized carbons (Fsp3) is 0.545. The second kappa shape index (κ2) is 4.47. The zero-order valence-corrected chi connectivity index (χ0v) is 10.1. The number of carbonyl (C=O) groups excluding carboxylic acids is 2. The number of aryl methyl sites for hydroxylation is 1. The second-order valence-electron chi connectivity index (χ2n) is 4.70. The lowest BCUT2D eigenvalue weighted by Gasteiger charge is -2.16. The number of rotatable bonds is 3. The molecule has 0 saturated heterocycles. The van der Waals surface area contributed by atoms with Gasteiger partial charge in [-0.1, -0.05) is 20.8 Å². The van der Waals surface area contributed by atoms with Crippen molar-refractivity contribution < 1.29 is 9.59 Å². The summed E-state index contributed by atoms with van der Waals surface area (Å²) in [4.78, 5) is 23.2. The molecule has 0 atom stereocenters. The molecule has 1 N–H and O–H groups in total. The van der Waals surface area contributed by atoms with Crippen molar-refractivity contribution in [3.63, 3.8) is 0 Å². The maximum atomic E-state index is 11.6. The summed E-state index contributed by atoms with van der Waals surface area (Å²) in [5.74, 6) is -0.277. The molecule has 0 aliphatic rings. The molecule has 5 heteroatoms. The van der Waals surface area contributed by atoms with E-state index in [4.69, 9.17) is 0 Å². The lowest BCUT2D eigenvalue weighted by molar-refractivity contribution is -0.125. The molecule has 0 radical (unpaired) electrons. The predicted octanol–water partition coefficient (Wildman–Crippen LogP) is 0.765. The van der Waals surface area contributed by atoms with Gasteiger partial charge in [-0.3, -0.25) is 14.3 Å². The van der Waals surface area contributed by atoms with E-state index in [1.165, 1.54) is 4.68 Å². The third-order valence-corrected chi connectivity index (χ3v) is 2.30. The molecule has 5 nitrogen and oxygen atoms in total. The monoisotopic (exact) mass is 223 g/mol. The molecule has 1 aromatic heterocycles. The molecule has 1 rings (SSSR count). The van der Waals surface area contributed by atoms with Gasteiger partial charge < -0.3 is 5.32 Å². The van der Waals surface area contributed by atoms with Gasteiger partial charge in [0.2, 0.25) is 0 Å². The fourth-order valence-electron chi connectivity index (χ4n) is 1.11. The molecule has 0 unspecified atom stereocenters. The van der Waals surface area contributed by atoms with Crippen LogP contribution in [0.1, 0.15) is 31.3 Å². The molecule has 88 valence electrons. The summed E-state index contributed by atoms with van der Waals surface area (Å²) < 4.78 is 1.47. The van der Waals surface area contributed by atoms with Gasteiger partial charge in [0.1, 0.15) is 5.69 Å². The Balaban J connectivity index is 2.55.